The highest BCUT2D eigenvalue weighted by atomic mass is 32.2. The number of carboxylic acids is 1. The maximum absolute atomic E-state index is 12.8. The second-order valence-electron chi connectivity index (χ2n) is 6.44. The van der Waals surface area contributed by atoms with E-state index in [4.69, 9.17) is 5.11 Å². The molecule has 0 saturated carbocycles. The topological polar surface area (TPSA) is 92.5 Å². The molecule has 1 saturated heterocycles. The van der Waals surface area contributed by atoms with Crippen molar-refractivity contribution in [2.45, 2.75) is 37.6 Å². The van der Waals surface area contributed by atoms with Crippen molar-refractivity contribution < 1.29 is 18.3 Å². The van der Waals surface area contributed by atoms with Crippen molar-refractivity contribution >= 4 is 26.9 Å². The van der Waals surface area contributed by atoms with Crippen LogP contribution < -0.4 is 0 Å². The van der Waals surface area contributed by atoms with Gasteiger partial charge in [-0.2, -0.15) is 9.40 Å². The van der Waals surface area contributed by atoms with Gasteiger partial charge in [0.2, 0.25) is 10.0 Å². The van der Waals surface area contributed by atoms with Crippen LogP contribution in [0.15, 0.2) is 29.3 Å². The van der Waals surface area contributed by atoms with Crippen LogP contribution in [0.25, 0.3) is 10.9 Å². The van der Waals surface area contributed by atoms with Gasteiger partial charge in [-0.3, -0.25) is 9.48 Å². The Morgan fingerprint density at radius 2 is 2.12 bits per heavy atom. The lowest BCUT2D eigenvalue weighted by Crippen LogP contribution is -2.42. The highest BCUT2D eigenvalue weighted by molar-refractivity contribution is 7.89. The molecule has 1 fully saturated rings. The predicted octanol–water partition coefficient (Wildman–Crippen LogP) is 2.10. The van der Waals surface area contributed by atoms with Crippen LogP contribution >= 0.6 is 0 Å². The molecule has 2 heterocycles. The van der Waals surface area contributed by atoms with Gasteiger partial charge in [-0.25, -0.2) is 8.42 Å². The molecule has 1 aliphatic rings. The molecule has 24 heavy (non-hydrogen) atoms. The zero-order valence-corrected chi connectivity index (χ0v) is 14.5. The third-order valence-corrected chi connectivity index (χ3v) is 6.29. The number of piperidine rings is 1. The van der Waals surface area contributed by atoms with Crippen LogP contribution in [-0.2, 0) is 14.8 Å². The fourth-order valence-corrected chi connectivity index (χ4v) is 4.67. The molecule has 3 rings (SSSR count). The van der Waals surface area contributed by atoms with E-state index in [1.54, 1.807) is 24.4 Å². The Labute approximate surface area is 140 Å². The Hall–Kier alpha value is -1.93. The van der Waals surface area contributed by atoms with E-state index in [2.05, 4.69) is 5.10 Å². The van der Waals surface area contributed by atoms with Crippen LogP contribution in [0.4, 0.5) is 0 Å². The van der Waals surface area contributed by atoms with Crippen LogP contribution in [0.2, 0.25) is 0 Å². The molecule has 130 valence electrons. The van der Waals surface area contributed by atoms with E-state index in [9.17, 15) is 13.2 Å². The van der Waals surface area contributed by atoms with Gasteiger partial charge < -0.3 is 5.11 Å². The first-order valence-corrected chi connectivity index (χ1v) is 9.45. The molecular weight excluding hydrogens is 330 g/mol. The van der Waals surface area contributed by atoms with Crippen LogP contribution in [0.1, 0.15) is 32.7 Å². The summed E-state index contributed by atoms with van der Waals surface area (Å²) in [5.74, 6) is -1.58. The molecule has 0 aliphatic carbocycles. The Bertz CT molecular complexity index is 873. The largest absolute Gasteiger partial charge is 0.481 e. The van der Waals surface area contributed by atoms with Gasteiger partial charge in [0.1, 0.15) is 0 Å². The second kappa shape index (κ2) is 6.18. The molecule has 1 aromatic heterocycles. The van der Waals surface area contributed by atoms with Gasteiger partial charge in [0, 0.05) is 24.5 Å². The van der Waals surface area contributed by atoms with Gasteiger partial charge in [-0.1, -0.05) is 0 Å². The first kappa shape index (κ1) is 16.9. The fourth-order valence-electron chi connectivity index (χ4n) is 3.11. The molecule has 8 heteroatoms. The number of rotatable bonds is 4. The molecule has 1 aromatic carbocycles. The number of benzene rings is 1. The maximum Gasteiger partial charge on any atom is 0.307 e. The number of aliphatic carboxylic acids is 1. The van der Waals surface area contributed by atoms with E-state index in [1.165, 1.54) is 4.31 Å². The quantitative estimate of drug-likeness (QED) is 0.910. The lowest BCUT2D eigenvalue weighted by atomic mass is 10.0. The molecule has 0 spiro atoms. The summed E-state index contributed by atoms with van der Waals surface area (Å²) in [7, 11) is -3.70. The third kappa shape index (κ3) is 2.91. The standard InChI is InChI=1S/C16H21N3O4S/c1-11(2)19-15-6-5-14(8-13(15)9-17-19)24(22,23)18-7-3-4-12(10-18)16(20)21/h5-6,8-9,11-12H,3-4,7,10H2,1-2H3,(H,20,21). The molecule has 1 N–H and O–H groups in total. The molecule has 0 amide bonds. The van der Waals surface area contributed by atoms with Crippen LogP contribution in [0.5, 0.6) is 0 Å². The molecule has 7 nitrogen and oxygen atoms in total. The Morgan fingerprint density at radius 3 is 2.79 bits per heavy atom. The molecule has 1 unspecified atom stereocenters. The normalized spacial score (nSPS) is 19.9. The number of carbonyl (C=O) groups is 1. The van der Waals surface area contributed by atoms with Gasteiger partial charge in [0.15, 0.2) is 0 Å². The van der Waals surface area contributed by atoms with E-state index >= 15 is 0 Å². The summed E-state index contributed by atoms with van der Waals surface area (Å²) >= 11 is 0. The fraction of sp³-hybridized carbons (Fsp3) is 0.500. The van der Waals surface area contributed by atoms with Crippen molar-refractivity contribution in [1.82, 2.24) is 14.1 Å². The summed E-state index contributed by atoms with van der Waals surface area (Å²) in [6.45, 7) is 4.41. The smallest absolute Gasteiger partial charge is 0.307 e. The van der Waals surface area contributed by atoms with Gasteiger partial charge in [0.05, 0.1) is 22.5 Å². The van der Waals surface area contributed by atoms with Crippen LogP contribution in [0, 0.1) is 5.92 Å². The third-order valence-electron chi connectivity index (χ3n) is 4.43. The number of aromatic nitrogens is 2. The highest BCUT2D eigenvalue weighted by Gasteiger charge is 2.33. The lowest BCUT2D eigenvalue weighted by Gasteiger charge is -2.29. The van der Waals surface area contributed by atoms with Crippen molar-refractivity contribution in [1.29, 1.82) is 0 Å². The molecule has 1 aliphatic heterocycles. The number of hydrogen-bond donors (Lipinski definition) is 1. The summed E-state index contributed by atoms with van der Waals surface area (Å²) in [5, 5.41) is 14.2. The number of fused-ring (bicyclic) bond motifs is 1. The van der Waals surface area contributed by atoms with E-state index < -0.39 is 21.9 Å². The minimum Gasteiger partial charge on any atom is -0.481 e. The predicted molar refractivity (Wildman–Crippen MR) is 89.2 cm³/mol. The second-order valence-corrected chi connectivity index (χ2v) is 8.38. The Balaban J connectivity index is 1.95. The average molecular weight is 351 g/mol. The van der Waals surface area contributed by atoms with Crippen molar-refractivity contribution in [3.63, 3.8) is 0 Å². The zero-order chi connectivity index (χ0) is 17.5. The number of hydrogen-bond acceptors (Lipinski definition) is 4. The Kier molecular flexibility index (Phi) is 4.35. The van der Waals surface area contributed by atoms with Crippen molar-refractivity contribution in [3.05, 3.63) is 24.4 Å². The van der Waals surface area contributed by atoms with Gasteiger partial charge in [0.25, 0.3) is 0 Å². The van der Waals surface area contributed by atoms with Crippen LogP contribution in [0.3, 0.4) is 0 Å². The average Bonchev–Trinajstić information content (AvgIpc) is 2.98. The first-order valence-electron chi connectivity index (χ1n) is 8.01. The number of nitrogens with zero attached hydrogens (tertiary/aromatic N) is 3. The number of sulfonamides is 1. The molecule has 0 radical (unpaired) electrons. The van der Waals surface area contributed by atoms with E-state index in [0.29, 0.717) is 19.4 Å². The Morgan fingerprint density at radius 1 is 1.38 bits per heavy atom. The minimum atomic E-state index is -3.70. The zero-order valence-electron chi connectivity index (χ0n) is 13.7. The molecule has 1 atom stereocenters. The summed E-state index contributed by atoms with van der Waals surface area (Å²) < 4.78 is 28.8. The SMILES string of the molecule is CC(C)n1ncc2cc(S(=O)(=O)N3CCCC(C(=O)O)C3)ccc21. The summed E-state index contributed by atoms with van der Waals surface area (Å²) in [4.78, 5) is 11.4. The monoisotopic (exact) mass is 351 g/mol. The summed E-state index contributed by atoms with van der Waals surface area (Å²) in [6, 6.07) is 5.13. The molecule has 2 aromatic rings. The maximum atomic E-state index is 12.8. The minimum absolute atomic E-state index is 0.0287. The van der Waals surface area contributed by atoms with Gasteiger partial charge in [-0.05, 0) is 44.9 Å². The van der Waals surface area contributed by atoms with Crippen molar-refractivity contribution in [2.24, 2.45) is 5.92 Å². The van der Waals surface area contributed by atoms with E-state index in [1.807, 2.05) is 18.5 Å². The van der Waals surface area contributed by atoms with E-state index in [0.717, 1.165) is 10.9 Å². The first-order chi connectivity index (χ1) is 11.3. The van der Waals surface area contributed by atoms with Crippen molar-refractivity contribution in [3.8, 4) is 0 Å². The summed E-state index contributed by atoms with van der Waals surface area (Å²) in [5.41, 5.74) is 0.881. The summed E-state index contributed by atoms with van der Waals surface area (Å²) in [6.07, 6.45) is 2.73. The van der Waals surface area contributed by atoms with Crippen LogP contribution in [-0.4, -0.2) is 46.7 Å². The highest BCUT2D eigenvalue weighted by Crippen LogP contribution is 2.27. The molecular formula is C16H21N3O4S. The lowest BCUT2D eigenvalue weighted by molar-refractivity contribution is -0.142. The van der Waals surface area contributed by atoms with Gasteiger partial charge in [-0.15, -0.1) is 0 Å². The number of carboxylic acid groups (broad SMARTS) is 1. The molecule has 0 bridgehead atoms. The van der Waals surface area contributed by atoms with E-state index in [-0.39, 0.29) is 17.5 Å². The van der Waals surface area contributed by atoms with Crippen molar-refractivity contribution in [2.75, 3.05) is 13.1 Å². The van der Waals surface area contributed by atoms with Gasteiger partial charge >= 0.3 is 5.97 Å².